The van der Waals surface area contributed by atoms with Crippen molar-refractivity contribution in [3.05, 3.63) is 127 Å². The smallest absolute Gasteiger partial charge is 0.123 e. The van der Waals surface area contributed by atoms with Crippen LogP contribution in [0.15, 0.2) is 115 Å². The largest absolute Gasteiger partial charge is 1.00 e. The highest BCUT2D eigenvalue weighted by atomic mass is 35.5. The SMILES string of the molecule is Fc1ccc([P+](Cc2ccccc2)(c2ccccc2)c2ccccc2)cc1.[Cl-]. The molecule has 0 N–H and O–H groups in total. The molecule has 140 valence electrons. The van der Waals surface area contributed by atoms with Crippen molar-refractivity contribution in [2.75, 3.05) is 0 Å². The van der Waals surface area contributed by atoms with Crippen molar-refractivity contribution >= 4 is 23.2 Å². The Morgan fingerprint density at radius 2 is 0.893 bits per heavy atom. The molecule has 4 rings (SSSR count). The van der Waals surface area contributed by atoms with Crippen LogP contribution >= 0.6 is 7.26 Å². The molecule has 0 aliphatic rings. The average molecular weight is 407 g/mol. The molecule has 0 radical (unpaired) electrons. The lowest BCUT2D eigenvalue weighted by Crippen LogP contribution is -3.00. The molecular formula is C25H21ClFP. The third-order valence-electron chi connectivity index (χ3n) is 4.92. The van der Waals surface area contributed by atoms with Gasteiger partial charge in [0.15, 0.2) is 0 Å². The first-order valence-electron chi connectivity index (χ1n) is 9.08. The third kappa shape index (κ3) is 4.02. The summed E-state index contributed by atoms with van der Waals surface area (Å²) in [4.78, 5) is 0. The second-order valence-electron chi connectivity index (χ2n) is 6.60. The number of hydrogen-bond donors (Lipinski definition) is 0. The van der Waals surface area contributed by atoms with Gasteiger partial charge in [-0.25, -0.2) is 4.39 Å². The second-order valence-corrected chi connectivity index (χ2v) is 10.1. The zero-order valence-corrected chi connectivity index (χ0v) is 17.0. The zero-order chi connectivity index (χ0) is 18.5. The van der Waals surface area contributed by atoms with Gasteiger partial charge >= 0.3 is 0 Å². The van der Waals surface area contributed by atoms with E-state index < -0.39 is 7.26 Å². The summed E-state index contributed by atoms with van der Waals surface area (Å²) in [6, 6.07) is 39.1. The van der Waals surface area contributed by atoms with E-state index in [1.807, 2.05) is 18.2 Å². The number of benzene rings is 4. The molecule has 0 nitrogen and oxygen atoms in total. The predicted molar refractivity (Wildman–Crippen MR) is 115 cm³/mol. The van der Waals surface area contributed by atoms with Gasteiger partial charge in [-0.15, -0.1) is 0 Å². The number of hydrogen-bond acceptors (Lipinski definition) is 0. The van der Waals surface area contributed by atoms with Crippen molar-refractivity contribution < 1.29 is 16.8 Å². The Labute approximate surface area is 172 Å². The summed E-state index contributed by atoms with van der Waals surface area (Å²) in [5, 5.41) is 3.82. The van der Waals surface area contributed by atoms with Crippen LogP contribution < -0.4 is 28.3 Å². The van der Waals surface area contributed by atoms with E-state index in [9.17, 15) is 4.39 Å². The maximum absolute atomic E-state index is 13.7. The van der Waals surface area contributed by atoms with Crippen molar-refractivity contribution in [3.63, 3.8) is 0 Å². The Kier molecular flexibility index (Phi) is 6.62. The molecule has 4 aromatic rings. The molecule has 0 atom stereocenters. The van der Waals surface area contributed by atoms with Crippen LogP contribution in [-0.2, 0) is 6.16 Å². The highest BCUT2D eigenvalue weighted by Gasteiger charge is 2.45. The van der Waals surface area contributed by atoms with Crippen molar-refractivity contribution in [3.8, 4) is 0 Å². The van der Waals surface area contributed by atoms with E-state index >= 15 is 0 Å². The summed E-state index contributed by atoms with van der Waals surface area (Å²) in [5.74, 6) is -0.197. The molecule has 0 spiro atoms. The second kappa shape index (κ2) is 9.15. The van der Waals surface area contributed by atoms with Gasteiger partial charge in [0.1, 0.15) is 29.0 Å². The first-order valence-corrected chi connectivity index (χ1v) is 11.1. The van der Waals surface area contributed by atoms with Crippen LogP contribution in [0.4, 0.5) is 4.39 Å². The molecule has 0 aromatic heterocycles. The van der Waals surface area contributed by atoms with Crippen LogP contribution in [0.1, 0.15) is 5.56 Å². The Balaban J connectivity index is 0.00000225. The van der Waals surface area contributed by atoms with Gasteiger partial charge in [0.25, 0.3) is 0 Å². The maximum atomic E-state index is 13.7. The fourth-order valence-electron chi connectivity index (χ4n) is 3.64. The minimum atomic E-state index is -1.96. The van der Waals surface area contributed by atoms with E-state index in [-0.39, 0.29) is 18.2 Å². The minimum absolute atomic E-state index is 0. The number of rotatable bonds is 5. The predicted octanol–water partition coefficient (Wildman–Crippen LogP) is 2.32. The molecule has 0 unspecified atom stereocenters. The molecule has 0 aliphatic carbocycles. The highest BCUT2D eigenvalue weighted by Crippen LogP contribution is 2.58. The van der Waals surface area contributed by atoms with Gasteiger partial charge in [-0.3, -0.25) is 0 Å². The van der Waals surface area contributed by atoms with Gasteiger partial charge in [-0.2, -0.15) is 0 Å². The summed E-state index contributed by atoms with van der Waals surface area (Å²) in [5.41, 5.74) is 1.29. The van der Waals surface area contributed by atoms with Gasteiger partial charge in [0.05, 0.1) is 6.16 Å². The van der Waals surface area contributed by atoms with E-state index in [1.54, 1.807) is 12.1 Å². The van der Waals surface area contributed by atoms with Gasteiger partial charge in [-0.05, 0) is 54.1 Å². The fourth-order valence-corrected chi connectivity index (χ4v) is 7.86. The summed E-state index contributed by atoms with van der Waals surface area (Å²) in [6.07, 6.45) is 0.910. The fraction of sp³-hybridized carbons (Fsp3) is 0.0400. The topological polar surface area (TPSA) is 0 Å². The molecule has 0 aliphatic heterocycles. The summed E-state index contributed by atoms with van der Waals surface area (Å²) >= 11 is 0. The molecule has 0 bridgehead atoms. The van der Waals surface area contributed by atoms with E-state index in [0.29, 0.717) is 0 Å². The van der Waals surface area contributed by atoms with Crippen molar-refractivity contribution in [1.29, 1.82) is 0 Å². The molecule has 0 saturated carbocycles. The van der Waals surface area contributed by atoms with Crippen LogP contribution in [0, 0.1) is 5.82 Å². The Morgan fingerprint density at radius 3 is 1.36 bits per heavy atom. The first kappa shape index (κ1) is 20.3. The zero-order valence-electron chi connectivity index (χ0n) is 15.4. The van der Waals surface area contributed by atoms with Crippen molar-refractivity contribution in [1.82, 2.24) is 0 Å². The van der Waals surface area contributed by atoms with E-state index in [2.05, 4.69) is 84.9 Å². The summed E-state index contributed by atoms with van der Waals surface area (Å²) in [7, 11) is -1.96. The Morgan fingerprint density at radius 1 is 0.500 bits per heavy atom. The lowest BCUT2D eigenvalue weighted by molar-refractivity contribution is -0.00000585. The van der Waals surface area contributed by atoms with Crippen LogP contribution in [0.5, 0.6) is 0 Å². The quantitative estimate of drug-likeness (QED) is 0.446. The van der Waals surface area contributed by atoms with E-state index in [0.717, 1.165) is 6.16 Å². The van der Waals surface area contributed by atoms with Gasteiger partial charge < -0.3 is 12.4 Å². The van der Waals surface area contributed by atoms with E-state index in [1.165, 1.54) is 21.5 Å². The molecule has 3 heteroatoms. The van der Waals surface area contributed by atoms with Crippen LogP contribution in [0.2, 0.25) is 0 Å². The summed E-state index contributed by atoms with van der Waals surface area (Å²) in [6.45, 7) is 0. The highest BCUT2D eigenvalue weighted by molar-refractivity contribution is 7.95. The average Bonchev–Trinajstić information content (AvgIpc) is 2.75. The molecule has 0 fully saturated rings. The Bertz CT molecular complexity index is 947. The van der Waals surface area contributed by atoms with Crippen molar-refractivity contribution in [2.45, 2.75) is 6.16 Å². The Hall–Kier alpha value is -2.47. The molecule has 0 amide bonds. The molecule has 0 saturated heterocycles. The van der Waals surface area contributed by atoms with E-state index in [4.69, 9.17) is 0 Å². The number of halogens is 2. The van der Waals surface area contributed by atoms with Crippen molar-refractivity contribution in [2.24, 2.45) is 0 Å². The normalized spacial score (nSPS) is 10.9. The lowest BCUT2D eigenvalue weighted by Gasteiger charge is -2.27. The lowest BCUT2D eigenvalue weighted by atomic mass is 10.2. The standard InChI is InChI=1S/C25H21FP.ClH/c26-22-16-18-25(19-17-22)27(23-12-6-2-7-13-23,24-14-8-3-9-15-24)20-21-10-4-1-5-11-21;/h1-19H,20H2;1H/q+1;/p-1. The van der Waals surface area contributed by atoms with Crippen LogP contribution in [0.25, 0.3) is 0 Å². The van der Waals surface area contributed by atoms with Gasteiger partial charge in [0, 0.05) is 0 Å². The van der Waals surface area contributed by atoms with Gasteiger partial charge in [-0.1, -0.05) is 66.7 Å². The molecule has 28 heavy (non-hydrogen) atoms. The van der Waals surface area contributed by atoms with Gasteiger partial charge in [0.2, 0.25) is 0 Å². The maximum Gasteiger partial charge on any atom is 0.123 e. The van der Waals surface area contributed by atoms with Crippen LogP contribution in [-0.4, -0.2) is 0 Å². The molecule has 4 aromatic carbocycles. The monoisotopic (exact) mass is 406 g/mol. The molecule has 0 heterocycles. The van der Waals surface area contributed by atoms with Crippen LogP contribution in [0.3, 0.4) is 0 Å². The summed E-state index contributed by atoms with van der Waals surface area (Å²) < 4.78 is 13.7. The third-order valence-corrected chi connectivity index (χ3v) is 9.30. The molecular weight excluding hydrogens is 386 g/mol. The minimum Gasteiger partial charge on any atom is -1.00 e. The first-order chi connectivity index (χ1) is 13.3.